The molecule has 1 N–H and O–H groups in total. The largest absolute Gasteiger partial charge is 0.328 e. The Balaban J connectivity index is 1.61. The van der Waals surface area contributed by atoms with E-state index in [1.807, 2.05) is 6.08 Å². The van der Waals surface area contributed by atoms with Crippen molar-refractivity contribution in [1.82, 2.24) is 10.2 Å². The molecule has 1 saturated carbocycles. The molecule has 1 aliphatic carbocycles. The number of thiocarbonyl (C=S) groups is 1. The van der Waals surface area contributed by atoms with Gasteiger partial charge in [-0.2, -0.15) is 0 Å². The summed E-state index contributed by atoms with van der Waals surface area (Å²) in [4.78, 5) is 15.8. The number of nitrogens with one attached hydrogen (secondary N) is 1. The third-order valence-electron chi connectivity index (χ3n) is 5.18. The molecule has 2 aliphatic rings. The Morgan fingerprint density at radius 1 is 1.15 bits per heavy atom. The summed E-state index contributed by atoms with van der Waals surface area (Å²) in [5, 5.41) is 5.78. The molecule has 2 heterocycles. The summed E-state index contributed by atoms with van der Waals surface area (Å²) in [5.41, 5.74) is 4.15. The molecule has 4 rings (SSSR count). The van der Waals surface area contributed by atoms with Gasteiger partial charge in [-0.3, -0.25) is 9.69 Å². The molecule has 1 saturated heterocycles. The summed E-state index contributed by atoms with van der Waals surface area (Å²) in [6.45, 7) is 2.09. The van der Waals surface area contributed by atoms with E-state index in [0.717, 1.165) is 23.3 Å². The molecular weight excluding hydrogens is 360 g/mol. The first-order valence-electron chi connectivity index (χ1n) is 9.14. The Bertz CT molecular complexity index is 860. The number of hydrogen-bond donors (Lipinski definition) is 1. The van der Waals surface area contributed by atoms with Gasteiger partial charge in [-0.05, 0) is 60.6 Å². The van der Waals surface area contributed by atoms with Gasteiger partial charge >= 0.3 is 0 Å². The molecule has 1 aromatic heterocycles. The smallest absolute Gasteiger partial charge is 0.276 e. The van der Waals surface area contributed by atoms with Crippen LogP contribution in [0.1, 0.15) is 42.5 Å². The van der Waals surface area contributed by atoms with Crippen LogP contribution in [0.4, 0.5) is 0 Å². The summed E-state index contributed by atoms with van der Waals surface area (Å²) < 4.78 is 0. The van der Waals surface area contributed by atoms with Crippen LogP contribution >= 0.6 is 23.6 Å². The minimum atomic E-state index is 0.0187. The van der Waals surface area contributed by atoms with Crippen LogP contribution in [0.5, 0.6) is 0 Å². The molecule has 1 aliphatic heterocycles. The summed E-state index contributed by atoms with van der Waals surface area (Å²) >= 11 is 7.11. The molecule has 0 atom stereocenters. The Morgan fingerprint density at radius 3 is 2.62 bits per heavy atom. The zero-order chi connectivity index (χ0) is 18.1. The van der Waals surface area contributed by atoms with Crippen LogP contribution < -0.4 is 5.32 Å². The van der Waals surface area contributed by atoms with Gasteiger partial charge in [0.1, 0.15) is 5.70 Å². The highest BCUT2D eigenvalue weighted by Gasteiger charge is 2.36. The van der Waals surface area contributed by atoms with E-state index in [9.17, 15) is 4.79 Å². The number of aryl methyl sites for hydroxylation is 1. The first kappa shape index (κ1) is 17.4. The van der Waals surface area contributed by atoms with Crippen LogP contribution in [0.2, 0.25) is 0 Å². The number of carbonyl (C=O) groups is 1. The monoisotopic (exact) mass is 382 g/mol. The van der Waals surface area contributed by atoms with E-state index in [4.69, 9.17) is 12.2 Å². The standard InChI is InChI=1S/C21H22N2OS2/c1-14-7-9-15(10-8-14)17-11-12-26-19(17)13-18-20(24)23(21(25)22-18)16-5-3-2-4-6-16/h7-13,16H,2-6H2,1H3,(H,22,25). The average Bonchev–Trinajstić information content (AvgIpc) is 3.21. The number of rotatable bonds is 3. The Morgan fingerprint density at radius 2 is 1.88 bits per heavy atom. The van der Waals surface area contributed by atoms with E-state index in [0.29, 0.717) is 10.8 Å². The Labute approximate surface area is 163 Å². The second kappa shape index (κ2) is 7.33. The van der Waals surface area contributed by atoms with Gasteiger partial charge < -0.3 is 5.32 Å². The second-order valence-electron chi connectivity index (χ2n) is 7.02. The summed E-state index contributed by atoms with van der Waals surface area (Å²) in [7, 11) is 0. The highest BCUT2D eigenvalue weighted by Crippen LogP contribution is 2.32. The summed E-state index contributed by atoms with van der Waals surface area (Å²) in [5.74, 6) is 0.0187. The van der Waals surface area contributed by atoms with Crippen molar-refractivity contribution >= 4 is 40.7 Å². The van der Waals surface area contributed by atoms with Gasteiger partial charge in [-0.15, -0.1) is 11.3 Å². The lowest BCUT2D eigenvalue weighted by atomic mass is 9.94. The molecule has 2 aromatic rings. The van der Waals surface area contributed by atoms with Crippen molar-refractivity contribution < 1.29 is 4.79 Å². The maximum absolute atomic E-state index is 12.9. The van der Waals surface area contributed by atoms with Gasteiger partial charge in [0.05, 0.1) is 0 Å². The van der Waals surface area contributed by atoms with E-state index in [1.54, 1.807) is 16.2 Å². The van der Waals surface area contributed by atoms with Gasteiger partial charge in [0, 0.05) is 10.9 Å². The molecule has 0 unspecified atom stereocenters. The van der Waals surface area contributed by atoms with Crippen molar-refractivity contribution in [3.05, 3.63) is 51.8 Å². The van der Waals surface area contributed by atoms with Gasteiger partial charge in [0.25, 0.3) is 5.91 Å². The highest BCUT2D eigenvalue weighted by atomic mass is 32.1. The third-order valence-corrected chi connectivity index (χ3v) is 6.35. The molecule has 0 spiro atoms. The van der Waals surface area contributed by atoms with Crippen LogP contribution in [0, 0.1) is 6.92 Å². The number of thiophene rings is 1. The molecule has 1 aromatic carbocycles. The first-order valence-corrected chi connectivity index (χ1v) is 10.4. The van der Waals surface area contributed by atoms with Gasteiger partial charge in [-0.25, -0.2) is 0 Å². The molecule has 1 amide bonds. The van der Waals surface area contributed by atoms with Crippen molar-refractivity contribution in [1.29, 1.82) is 0 Å². The maximum atomic E-state index is 12.9. The Hall–Kier alpha value is -1.98. The molecule has 0 radical (unpaired) electrons. The molecule has 2 fully saturated rings. The van der Waals surface area contributed by atoms with Gasteiger partial charge in [-0.1, -0.05) is 49.1 Å². The zero-order valence-electron chi connectivity index (χ0n) is 14.8. The predicted molar refractivity (Wildman–Crippen MR) is 112 cm³/mol. The number of benzene rings is 1. The molecular formula is C21H22N2OS2. The quantitative estimate of drug-likeness (QED) is 0.591. The van der Waals surface area contributed by atoms with Crippen LogP contribution in [0.3, 0.4) is 0 Å². The Kier molecular flexibility index (Phi) is 4.92. The fraction of sp³-hybridized carbons (Fsp3) is 0.333. The molecule has 26 heavy (non-hydrogen) atoms. The van der Waals surface area contributed by atoms with E-state index in [-0.39, 0.29) is 11.9 Å². The van der Waals surface area contributed by atoms with E-state index in [2.05, 4.69) is 48.0 Å². The fourth-order valence-corrected chi connectivity index (χ4v) is 4.95. The van der Waals surface area contributed by atoms with E-state index < -0.39 is 0 Å². The minimum absolute atomic E-state index is 0.0187. The summed E-state index contributed by atoms with van der Waals surface area (Å²) in [6, 6.07) is 10.8. The minimum Gasteiger partial charge on any atom is -0.328 e. The lowest BCUT2D eigenvalue weighted by Gasteiger charge is -2.29. The zero-order valence-corrected chi connectivity index (χ0v) is 16.5. The third kappa shape index (κ3) is 3.33. The van der Waals surface area contributed by atoms with Crippen LogP contribution in [-0.2, 0) is 4.79 Å². The van der Waals surface area contributed by atoms with E-state index >= 15 is 0 Å². The summed E-state index contributed by atoms with van der Waals surface area (Å²) in [6.07, 6.45) is 7.67. The van der Waals surface area contributed by atoms with Gasteiger partial charge in [0.2, 0.25) is 0 Å². The lowest BCUT2D eigenvalue weighted by Crippen LogP contribution is -2.41. The van der Waals surface area contributed by atoms with Crippen molar-refractivity contribution in [3.8, 4) is 11.1 Å². The fourth-order valence-electron chi connectivity index (χ4n) is 3.76. The topological polar surface area (TPSA) is 32.3 Å². The predicted octanol–water partition coefficient (Wildman–Crippen LogP) is 5.11. The second-order valence-corrected chi connectivity index (χ2v) is 8.35. The van der Waals surface area contributed by atoms with Crippen molar-refractivity contribution in [3.63, 3.8) is 0 Å². The molecule has 134 valence electrons. The van der Waals surface area contributed by atoms with Crippen LogP contribution in [0.15, 0.2) is 41.4 Å². The maximum Gasteiger partial charge on any atom is 0.276 e. The van der Waals surface area contributed by atoms with Crippen LogP contribution in [0.25, 0.3) is 17.2 Å². The number of nitrogens with zero attached hydrogens (tertiary/aromatic N) is 1. The van der Waals surface area contributed by atoms with E-state index in [1.165, 1.54) is 30.4 Å². The van der Waals surface area contributed by atoms with Crippen molar-refractivity contribution in [2.24, 2.45) is 0 Å². The van der Waals surface area contributed by atoms with Crippen molar-refractivity contribution in [2.45, 2.75) is 45.1 Å². The van der Waals surface area contributed by atoms with Gasteiger partial charge in [0.15, 0.2) is 5.11 Å². The average molecular weight is 383 g/mol. The molecule has 3 nitrogen and oxygen atoms in total. The normalized spacial score (nSPS) is 20.0. The van der Waals surface area contributed by atoms with Crippen molar-refractivity contribution in [2.75, 3.05) is 0 Å². The SMILES string of the molecule is Cc1ccc(-c2ccsc2C=C2NC(=S)N(C3CCCCC3)C2=O)cc1. The number of carbonyl (C=O) groups excluding carboxylic acids is 1. The molecule has 0 bridgehead atoms. The number of amides is 1. The first-order chi connectivity index (χ1) is 12.6. The van der Waals surface area contributed by atoms with Crippen LogP contribution in [-0.4, -0.2) is 22.0 Å². The lowest BCUT2D eigenvalue weighted by molar-refractivity contribution is -0.124. The number of hydrogen-bond acceptors (Lipinski definition) is 3. The molecule has 5 heteroatoms. The highest BCUT2D eigenvalue weighted by molar-refractivity contribution is 7.80.